The maximum Gasteiger partial charge on any atom is 0.137 e. The van der Waals surface area contributed by atoms with Gasteiger partial charge in [-0.15, -0.1) is 0 Å². The van der Waals surface area contributed by atoms with Gasteiger partial charge in [0.2, 0.25) is 0 Å². The standard InChI is InChI=1S/C14H18ClN3S2/c15-12-2-1-3-13(10-12)17-6-4-16(5-7-17)11-18-8-9-20-14(18)19/h1-3,10H,4-9,11H2. The third-order valence-corrected chi connectivity index (χ3v) is 5.50. The number of thioether (sulfide) groups is 1. The van der Waals surface area contributed by atoms with Crippen LogP contribution in [0.4, 0.5) is 5.69 Å². The number of halogens is 1. The molecule has 0 spiro atoms. The Morgan fingerprint density at radius 3 is 2.60 bits per heavy atom. The Balaban J connectivity index is 1.53. The third-order valence-electron chi connectivity index (χ3n) is 3.76. The largest absolute Gasteiger partial charge is 0.369 e. The molecular weight excluding hydrogens is 310 g/mol. The van der Waals surface area contributed by atoms with Gasteiger partial charge in [-0.3, -0.25) is 4.90 Å². The summed E-state index contributed by atoms with van der Waals surface area (Å²) in [7, 11) is 0. The molecule has 0 amide bonds. The molecule has 0 aromatic heterocycles. The minimum absolute atomic E-state index is 0.810. The van der Waals surface area contributed by atoms with Crippen molar-refractivity contribution in [2.45, 2.75) is 0 Å². The molecule has 0 saturated carbocycles. The van der Waals surface area contributed by atoms with Crippen LogP contribution in [0.1, 0.15) is 0 Å². The zero-order valence-corrected chi connectivity index (χ0v) is 13.7. The van der Waals surface area contributed by atoms with Crippen LogP contribution in [0.5, 0.6) is 0 Å². The third kappa shape index (κ3) is 3.39. The Morgan fingerprint density at radius 1 is 1.15 bits per heavy atom. The molecule has 0 bridgehead atoms. The molecule has 0 N–H and O–H groups in total. The van der Waals surface area contributed by atoms with Gasteiger partial charge in [0.1, 0.15) is 4.32 Å². The van der Waals surface area contributed by atoms with Crippen molar-refractivity contribution in [3.63, 3.8) is 0 Å². The predicted octanol–water partition coefficient (Wildman–Crippen LogP) is 2.75. The molecule has 0 unspecified atom stereocenters. The van der Waals surface area contributed by atoms with Crippen LogP contribution in [0.2, 0.25) is 5.02 Å². The van der Waals surface area contributed by atoms with E-state index in [-0.39, 0.29) is 0 Å². The maximum atomic E-state index is 6.06. The Hall–Kier alpha value is -0.490. The first-order valence-corrected chi connectivity index (χ1v) is 8.64. The van der Waals surface area contributed by atoms with Crippen molar-refractivity contribution in [3.8, 4) is 0 Å². The highest BCUT2D eigenvalue weighted by Crippen LogP contribution is 2.22. The lowest BCUT2D eigenvalue weighted by atomic mass is 10.2. The number of thiocarbonyl (C=S) groups is 1. The summed E-state index contributed by atoms with van der Waals surface area (Å²) in [6.07, 6.45) is 0. The first kappa shape index (κ1) is 14.4. The lowest BCUT2D eigenvalue weighted by Gasteiger charge is -2.38. The zero-order chi connectivity index (χ0) is 13.9. The second-order valence-electron chi connectivity index (χ2n) is 5.10. The molecule has 2 aliphatic heterocycles. The van der Waals surface area contributed by atoms with E-state index in [0.717, 1.165) is 54.5 Å². The average Bonchev–Trinajstić information content (AvgIpc) is 2.85. The summed E-state index contributed by atoms with van der Waals surface area (Å²) in [6, 6.07) is 8.12. The van der Waals surface area contributed by atoms with Crippen LogP contribution in [0.25, 0.3) is 0 Å². The van der Waals surface area contributed by atoms with Crippen molar-refractivity contribution in [1.29, 1.82) is 0 Å². The molecule has 108 valence electrons. The number of hydrogen-bond acceptors (Lipinski definition) is 4. The summed E-state index contributed by atoms with van der Waals surface area (Å²) in [6.45, 7) is 6.34. The summed E-state index contributed by atoms with van der Waals surface area (Å²) in [5.41, 5.74) is 1.23. The molecule has 2 heterocycles. The summed E-state index contributed by atoms with van der Waals surface area (Å²) in [5, 5.41) is 0.810. The van der Waals surface area contributed by atoms with Gasteiger partial charge in [-0.05, 0) is 18.2 Å². The smallest absolute Gasteiger partial charge is 0.137 e. The van der Waals surface area contributed by atoms with E-state index in [0.29, 0.717) is 0 Å². The van der Waals surface area contributed by atoms with Crippen LogP contribution in [0.3, 0.4) is 0 Å². The number of benzene rings is 1. The molecule has 0 aliphatic carbocycles. The van der Waals surface area contributed by atoms with Gasteiger partial charge < -0.3 is 9.80 Å². The summed E-state index contributed by atoms with van der Waals surface area (Å²) >= 11 is 13.2. The normalized spacial score (nSPS) is 20.8. The van der Waals surface area contributed by atoms with E-state index < -0.39 is 0 Å². The van der Waals surface area contributed by atoms with Gasteiger partial charge in [0.25, 0.3) is 0 Å². The summed E-state index contributed by atoms with van der Waals surface area (Å²) in [5.74, 6) is 1.14. The molecule has 3 nitrogen and oxygen atoms in total. The van der Waals surface area contributed by atoms with Crippen molar-refractivity contribution in [1.82, 2.24) is 9.80 Å². The molecule has 2 aliphatic rings. The van der Waals surface area contributed by atoms with Gasteiger partial charge in [-0.1, -0.05) is 41.6 Å². The van der Waals surface area contributed by atoms with Gasteiger partial charge >= 0.3 is 0 Å². The quantitative estimate of drug-likeness (QED) is 0.787. The second kappa shape index (κ2) is 6.52. The number of nitrogens with zero attached hydrogens (tertiary/aromatic N) is 3. The highest BCUT2D eigenvalue weighted by molar-refractivity contribution is 8.23. The van der Waals surface area contributed by atoms with E-state index in [1.54, 1.807) is 11.8 Å². The van der Waals surface area contributed by atoms with Gasteiger partial charge in [0, 0.05) is 49.2 Å². The number of hydrogen-bond donors (Lipinski definition) is 0. The molecule has 0 atom stereocenters. The zero-order valence-electron chi connectivity index (χ0n) is 11.3. The monoisotopic (exact) mass is 327 g/mol. The SMILES string of the molecule is S=C1SCCN1CN1CCN(c2cccc(Cl)c2)CC1. The van der Waals surface area contributed by atoms with Crippen LogP contribution in [0, 0.1) is 0 Å². The van der Waals surface area contributed by atoms with Crippen LogP contribution in [-0.2, 0) is 0 Å². The van der Waals surface area contributed by atoms with Gasteiger partial charge in [-0.25, -0.2) is 0 Å². The summed E-state index contributed by atoms with van der Waals surface area (Å²) < 4.78 is 1.06. The van der Waals surface area contributed by atoms with E-state index in [9.17, 15) is 0 Å². The molecule has 0 radical (unpaired) electrons. The molecule has 3 rings (SSSR count). The Kier molecular flexibility index (Phi) is 4.71. The van der Waals surface area contributed by atoms with E-state index in [1.165, 1.54) is 5.69 Å². The van der Waals surface area contributed by atoms with Crippen LogP contribution in [0.15, 0.2) is 24.3 Å². The van der Waals surface area contributed by atoms with Crippen molar-refractivity contribution in [2.24, 2.45) is 0 Å². The van der Waals surface area contributed by atoms with E-state index >= 15 is 0 Å². The molecule has 2 fully saturated rings. The molecule has 1 aromatic rings. The van der Waals surface area contributed by atoms with E-state index in [2.05, 4.69) is 20.8 Å². The highest BCUT2D eigenvalue weighted by Gasteiger charge is 2.23. The van der Waals surface area contributed by atoms with Gasteiger partial charge in [-0.2, -0.15) is 0 Å². The highest BCUT2D eigenvalue weighted by atomic mass is 35.5. The predicted molar refractivity (Wildman–Crippen MR) is 91.9 cm³/mol. The van der Waals surface area contributed by atoms with Crippen LogP contribution < -0.4 is 4.90 Å². The fraction of sp³-hybridized carbons (Fsp3) is 0.500. The maximum absolute atomic E-state index is 6.06. The Labute approximate surface area is 134 Å². The molecule has 20 heavy (non-hydrogen) atoms. The fourth-order valence-corrected chi connectivity index (χ4v) is 4.02. The van der Waals surface area contributed by atoms with Crippen LogP contribution >= 0.6 is 35.6 Å². The number of rotatable bonds is 3. The van der Waals surface area contributed by atoms with Gasteiger partial charge in [0.05, 0.1) is 6.67 Å². The van der Waals surface area contributed by atoms with E-state index in [1.807, 2.05) is 18.2 Å². The molecular formula is C14H18ClN3S2. The fourth-order valence-electron chi connectivity index (χ4n) is 2.62. The molecule has 1 aromatic carbocycles. The topological polar surface area (TPSA) is 9.72 Å². The molecule has 2 saturated heterocycles. The Bertz CT molecular complexity index is 489. The van der Waals surface area contributed by atoms with Crippen molar-refractivity contribution >= 4 is 45.6 Å². The molecule has 6 heteroatoms. The lowest BCUT2D eigenvalue weighted by molar-refractivity contribution is 0.187. The summed E-state index contributed by atoms with van der Waals surface area (Å²) in [4.78, 5) is 7.20. The first-order valence-electron chi connectivity index (χ1n) is 6.87. The van der Waals surface area contributed by atoms with Crippen molar-refractivity contribution in [3.05, 3.63) is 29.3 Å². The van der Waals surface area contributed by atoms with Crippen molar-refractivity contribution < 1.29 is 0 Å². The first-order chi connectivity index (χ1) is 9.72. The number of piperazine rings is 1. The lowest BCUT2D eigenvalue weighted by Crippen LogP contribution is -2.50. The minimum atomic E-state index is 0.810. The van der Waals surface area contributed by atoms with Crippen molar-refractivity contribution in [2.75, 3.05) is 50.0 Å². The van der Waals surface area contributed by atoms with E-state index in [4.69, 9.17) is 23.8 Å². The second-order valence-corrected chi connectivity index (χ2v) is 7.27. The Morgan fingerprint density at radius 2 is 1.95 bits per heavy atom. The van der Waals surface area contributed by atoms with Crippen LogP contribution in [-0.4, -0.2) is 59.3 Å². The minimum Gasteiger partial charge on any atom is -0.369 e. The average molecular weight is 328 g/mol. The van der Waals surface area contributed by atoms with Gasteiger partial charge in [0.15, 0.2) is 0 Å². The number of anilines is 1.